The molecule has 33 heavy (non-hydrogen) atoms. The van der Waals surface area contributed by atoms with Crippen LogP contribution in [0.5, 0.6) is 0 Å². The van der Waals surface area contributed by atoms with Gasteiger partial charge in [0.2, 0.25) is 15.9 Å². The average molecular weight is 531 g/mol. The molecule has 0 aliphatic rings. The van der Waals surface area contributed by atoms with Crippen LogP contribution in [0.25, 0.3) is 0 Å². The van der Waals surface area contributed by atoms with Crippen molar-refractivity contribution in [3.05, 3.63) is 88.2 Å². The number of nitrogens with one attached hydrogen (secondary N) is 2. The number of halogens is 1. The number of pyridine rings is 1. The Morgan fingerprint density at radius 2 is 1.85 bits per heavy atom. The third-order valence-electron chi connectivity index (χ3n) is 4.74. The first-order valence-electron chi connectivity index (χ1n) is 9.95. The summed E-state index contributed by atoms with van der Waals surface area (Å²) in [4.78, 5) is 29.5. The molecule has 2 aromatic carbocycles. The maximum absolute atomic E-state index is 12.8. The molecule has 3 aromatic rings. The second kappa shape index (κ2) is 10.6. The molecule has 0 fully saturated rings. The summed E-state index contributed by atoms with van der Waals surface area (Å²) in [6, 6.07) is 15.2. The first kappa shape index (κ1) is 24.4. The number of nitrogens with zero attached hydrogens (tertiary/aromatic N) is 2. The van der Waals surface area contributed by atoms with Crippen LogP contribution >= 0.6 is 15.9 Å². The lowest BCUT2D eigenvalue weighted by Gasteiger charge is -2.23. The smallest absolute Gasteiger partial charge is 0.253 e. The van der Waals surface area contributed by atoms with Crippen LogP contribution in [0.1, 0.15) is 21.5 Å². The molecular formula is C23H23BrN4O4S. The Balaban J connectivity index is 1.75. The molecule has 1 aromatic heterocycles. The molecule has 3 rings (SSSR count). The minimum absolute atomic E-state index is 0.264. The molecule has 2 amide bonds. The fourth-order valence-corrected chi connectivity index (χ4v) is 4.17. The lowest BCUT2D eigenvalue weighted by Crippen LogP contribution is -2.37. The Morgan fingerprint density at radius 3 is 2.52 bits per heavy atom. The molecule has 0 radical (unpaired) electrons. The van der Waals surface area contributed by atoms with E-state index in [4.69, 9.17) is 0 Å². The van der Waals surface area contributed by atoms with Crippen molar-refractivity contribution in [1.82, 2.24) is 10.3 Å². The predicted octanol–water partition coefficient (Wildman–Crippen LogP) is 3.49. The monoisotopic (exact) mass is 530 g/mol. The van der Waals surface area contributed by atoms with Crippen molar-refractivity contribution < 1.29 is 18.0 Å². The van der Waals surface area contributed by atoms with Gasteiger partial charge in [-0.1, -0.05) is 34.1 Å². The van der Waals surface area contributed by atoms with Crippen LogP contribution in [0.2, 0.25) is 0 Å². The Hall–Kier alpha value is -3.24. The molecule has 0 saturated heterocycles. The highest BCUT2D eigenvalue weighted by Gasteiger charge is 2.22. The van der Waals surface area contributed by atoms with E-state index in [-0.39, 0.29) is 23.7 Å². The van der Waals surface area contributed by atoms with E-state index in [1.54, 1.807) is 60.9 Å². The van der Waals surface area contributed by atoms with Gasteiger partial charge in [0, 0.05) is 23.4 Å². The molecule has 0 aliphatic heterocycles. The fourth-order valence-electron chi connectivity index (χ4n) is 3.07. The lowest BCUT2D eigenvalue weighted by atomic mass is 10.1. The Morgan fingerprint density at radius 1 is 1.09 bits per heavy atom. The lowest BCUT2D eigenvalue weighted by molar-refractivity contribution is -0.114. The number of carbonyl (C=O) groups excluding carboxylic acids is 2. The summed E-state index contributed by atoms with van der Waals surface area (Å²) < 4.78 is 26.6. The topological polar surface area (TPSA) is 108 Å². The number of carbonyl (C=O) groups is 2. The van der Waals surface area contributed by atoms with Gasteiger partial charge in [0.05, 0.1) is 23.2 Å². The number of aromatic nitrogens is 1. The van der Waals surface area contributed by atoms with Crippen LogP contribution in [0.4, 0.5) is 11.4 Å². The Labute approximate surface area is 201 Å². The van der Waals surface area contributed by atoms with Gasteiger partial charge in [-0.05, 0) is 54.4 Å². The third-order valence-corrected chi connectivity index (χ3v) is 6.77. The standard InChI is InChI=1S/C23H23BrN4O4S/c1-16-12-18(9-10-20(16)24)28(33(2,31)32)15-22(29)27-21-8-4-3-7-19(21)23(30)26-14-17-6-5-11-25-13-17/h3-13H,14-15H2,1-2H3,(H,26,30)(H,27,29). The maximum atomic E-state index is 12.8. The van der Waals surface area contributed by atoms with E-state index in [0.29, 0.717) is 5.69 Å². The number of rotatable bonds is 8. The summed E-state index contributed by atoms with van der Waals surface area (Å²) >= 11 is 3.38. The number of hydrogen-bond donors (Lipinski definition) is 2. The van der Waals surface area contributed by atoms with Gasteiger partial charge in [0.15, 0.2) is 0 Å². The third kappa shape index (κ3) is 6.62. The number of sulfonamides is 1. The van der Waals surface area contributed by atoms with Gasteiger partial charge in [0.25, 0.3) is 5.91 Å². The highest BCUT2D eigenvalue weighted by molar-refractivity contribution is 9.10. The summed E-state index contributed by atoms with van der Waals surface area (Å²) in [6.07, 6.45) is 4.33. The molecule has 8 nitrogen and oxygen atoms in total. The van der Waals surface area contributed by atoms with Gasteiger partial charge < -0.3 is 10.6 Å². The van der Waals surface area contributed by atoms with Crippen molar-refractivity contribution >= 4 is 49.1 Å². The van der Waals surface area contributed by atoms with Crippen LogP contribution in [0.15, 0.2) is 71.5 Å². The molecule has 0 aliphatic carbocycles. The molecule has 0 atom stereocenters. The minimum Gasteiger partial charge on any atom is -0.348 e. The first-order chi connectivity index (χ1) is 15.6. The zero-order valence-electron chi connectivity index (χ0n) is 18.1. The Kier molecular flexibility index (Phi) is 7.83. The van der Waals surface area contributed by atoms with E-state index in [0.717, 1.165) is 26.2 Å². The zero-order valence-corrected chi connectivity index (χ0v) is 20.5. The molecule has 10 heteroatoms. The number of amides is 2. The van der Waals surface area contributed by atoms with E-state index < -0.39 is 22.5 Å². The molecular weight excluding hydrogens is 508 g/mol. The van der Waals surface area contributed by atoms with Crippen molar-refractivity contribution in [2.75, 3.05) is 22.4 Å². The summed E-state index contributed by atoms with van der Waals surface area (Å²) in [5.41, 5.74) is 2.58. The van der Waals surface area contributed by atoms with Crippen LogP contribution in [0, 0.1) is 6.92 Å². The summed E-state index contributed by atoms with van der Waals surface area (Å²) in [6.45, 7) is 1.67. The first-order valence-corrected chi connectivity index (χ1v) is 12.6. The maximum Gasteiger partial charge on any atom is 0.253 e. The second-order valence-electron chi connectivity index (χ2n) is 7.34. The van der Waals surface area contributed by atoms with Crippen molar-refractivity contribution in [3.63, 3.8) is 0 Å². The van der Waals surface area contributed by atoms with Gasteiger partial charge in [-0.25, -0.2) is 8.42 Å². The highest BCUT2D eigenvalue weighted by Crippen LogP contribution is 2.25. The van der Waals surface area contributed by atoms with Crippen LogP contribution in [-0.2, 0) is 21.4 Å². The van der Waals surface area contributed by atoms with Gasteiger partial charge >= 0.3 is 0 Å². The number of para-hydroxylation sites is 1. The van der Waals surface area contributed by atoms with Crippen LogP contribution < -0.4 is 14.9 Å². The van der Waals surface area contributed by atoms with Crippen molar-refractivity contribution in [2.24, 2.45) is 0 Å². The molecule has 0 saturated carbocycles. The van der Waals surface area contributed by atoms with Gasteiger partial charge in [-0.2, -0.15) is 0 Å². The number of hydrogen-bond acceptors (Lipinski definition) is 5. The van der Waals surface area contributed by atoms with E-state index in [9.17, 15) is 18.0 Å². The van der Waals surface area contributed by atoms with E-state index in [1.165, 1.54) is 0 Å². The predicted molar refractivity (Wildman–Crippen MR) is 132 cm³/mol. The molecule has 0 unspecified atom stereocenters. The summed E-state index contributed by atoms with van der Waals surface area (Å²) in [7, 11) is -3.73. The van der Waals surface area contributed by atoms with Crippen LogP contribution in [-0.4, -0.2) is 38.0 Å². The van der Waals surface area contributed by atoms with Gasteiger partial charge in [-0.15, -0.1) is 0 Å². The molecule has 0 bridgehead atoms. The summed E-state index contributed by atoms with van der Waals surface area (Å²) in [5.74, 6) is -0.952. The normalized spacial score (nSPS) is 11.0. The minimum atomic E-state index is -3.73. The second-order valence-corrected chi connectivity index (χ2v) is 10.1. The molecule has 0 spiro atoms. The quantitative estimate of drug-likeness (QED) is 0.463. The van der Waals surface area contributed by atoms with Gasteiger partial charge in [-0.3, -0.25) is 18.9 Å². The van der Waals surface area contributed by atoms with Crippen LogP contribution in [0.3, 0.4) is 0 Å². The summed E-state index contributed by atoms with van der Waals surface area (Å²) in [5, 5.41) is 5.45. The highest BCUT2D eigenvalue weighted by atomic mass is 79.9. The number of benzene rings is 2. The van der Waals surface area contributed by atoms with Crippen molar-refractivity contribution in [2.45, 2.75) is 13.5 Å². The SMILES string of the molecule is Cc1cc(N(CC(=O)Nc2ccccc2C(=O)NCc2cccnc2)S(C)(=O)=O)ccc1Br. The molecule has 172 valence electrons. The van der Waals surface area contributed by atoms with E-state index in [2.05, 4.69) is 31.5 Å². The fraction of sp³-hybridized carbons (Fsp3) is 0.174. The largest absolute Gasteiger partial charge is 0.348 e. The van der Waals surface area contributed by atoms with Gasteiger partial charge in [0.1, 0.15) is 6.54 Å². The Bertz CT molecular complexity index is 1270. The number of aryl methyl sites for hydroxylation is 1. The number of anilines is 2. The average Bonchev–Trinajstić information content (AvgIpc) is 2.78. The molecule has 2 N–H and O–H groups in total. The van der Waals surface area contributed by atoms with Crippen molar-refractivity contribution in [3.8, 4) is 0 Å². The van der Waals surface area contributed by atoms with E-state index in [1.807, 2.05) is 13.0 Å². The zero-order chi connectivity index (χ0) is 24.0. The molecule has 1 heterocycles. The van der Waals surface area contributed by atoms with E-state index >= 15 is 0 Å². The van der Waals surface area contributed by atoms with Crippen molar-refractivity contribution in [1.29, 1.82) is 0 Å².